The third-order valence-corrected chi connectivity index (χ3v) is 4.62. The van der Waals surface area contributed by atoms with Crippen molar-refractivity contribution in [3.8, 4) is 0 Å². The zero-order chi connectivity index (χ0) is 18.2. The number of hydrogen-bond donors (Lipinski definition) is 2. The molecule has 0 spiro atoms. The molecule has 1 atom stereocenters. The molecule has 1 aromatic carbocycles. The molecule has 8 heteroatoms. The van der Waals surface area contributed by atoms with Crippen molar-refractivity contribution in [1.82, 2.24) is 15.5 Å². The molecule has 0 radical (unpaired) electrons. The SMILES string of the molecule is COCCNCCNC(=O)C1CCCN1C(=O)c1cc(Cl)ccc1Cl. The highest BCUT2D eigenvalue weighted by atomic mass is 35.5. The van der Waals surface area contributed by atoms with Crippen LogP contribution in [0.1, 0.15) is 23.2 Å². The molecule has 0 aliphatic carbocycles. The number of nitrogens with zero attached hydrogens (tertiary/aromatic N) is 1. The largest absolute Gasteiger partial charge is 0.383 e. The number of methoxy groups -OCH3 is 1. The minimum atomic E-state index is -0.471. The minimum Gasteiger partial charge on any atom is -0.383 e. The second-order valence-electron chi connectivity index (χ2n) is 5.81. The Morgan fingerprint density at radius 1 is 1.28 bits per heavy atom. The monoisotopic (exact) mass is 387 g/mol. The van der Waals surface area contributed by atoms with Crippen LogP contribution >= 0.6 is 23.2 Å². The molecular formula is C17H23Cl2N3O3. The number of carbonyl (C=O) groups is 2. The standard InChI is InChI=1S/C17H23Cl2N3O3/c1-25-10-8-20-6-7-21-16(23)15-3-2-9-22(15)17(24)13-11-12(18)4-5-14(13)19/h4-5,11,15,20H,2-3,6-10H2,1H3,(H,21,23). The normalized spacial score (nSPS) is 16.9. The Kier molecular flexibility index (Phi) is 7.96. The van der Waals surface area contributed by atoms with Crippen molar-refractivity contribution in [2.45, 2.75) is 18.9 Å². The Balaban J connectivity index is 1.91. The van der Waals surface area contributed by atoms with Crippen LogP contribution in [0.15, 0.2) is 18.2 Å². The van der Waals surface area contributed by atoms with Gasteiger partial charge in [0.1, 0.15) is 6.04 Å². The van der Waals surface area contributed by atoms with Crippen LogP contribution in [0.5, 0.6) is 0 Å². The van der Waals surface area contributed by atoms with Crippen LogP contribution in [0.4, 0.5) is 0 Å². The first-order chi connectivity index (χ1) is 12.0. The van der Waals surface area contributed by atoms with Crippen molar-refractivity contribution < 1.29 is 14.3 Å². The molecule has 0 aromatic heterocycles. The highest BCUT2D eigenvalue weighted by Crippen LogP contribution is 2.26. The van der Waals surface area contributed by atoms with E-state index in [1.54, 1.807) is 30.2 Å². The zero-order valence-electron chi connectivity index (χ0n) is 14.2. The molecule has 1 heterocycles. The van der Waals surface area contributed by atoms with Crippen molar-refractivity contribution in [3.63, 3.8) is 0 Å². The molecule has 6 nitrogen and oxygen atoms in total. The van der Waals surface area contributed by atoms with Crippen LogP contribution < -0.4 is 10.6 Å². The molecule has 0 bridgehead atoms. The summed E-state index contributed by atoms with van der Waals surface area (Å²) in [6, 6.07) is 4.29. The summed E-state index contributed by atoms with van der Waals surface area (Å²) in [4.78, 5) is 26.8. The van der Waals surface area contributed by atoms with E-state index in [0.717, 1.165) is 13.0 Å². The molecule has 1 aliphatic heterocycles. The molecular weight excluding hydrogens is 365 g/mol. The molecule has 1 fully saturated rings. The lowest BCUT2D eigenvalue weighted by Crippen LogP contribution is -2.47. The van der Waals surface area contributed by atoms with Gasteiger partial charge in [0.05, 0.1) is 17.2 Å². The fraction of sp³-hybridized carbons (Fsp3) is 0.529. The van der Waals surface area contributed by atoms with Gasteiger partial charge in [0.25, 0.3) is 5.91 Å². The van der Waals surface area contributed by atoms with Gasteiger partial charge >= 0.3 is 0 Å². The Morgan fingerprint density at radius 3 is 2.84 bits per heavy atom. The molecule has 138 valence electrons. The van der Waals surface area contributed by atoms with E-state index in [-0.39, 0.29) is 11.8 Å². The van der Waals surface area contributed by atoms with Crippen molar-refractivity contribution in [3.05, 3.63) is 33.8 Å². The predicted molar refractivity (Wildman–Crippen MR) is 98.3 cm³/mol. The summed E-state index contributed by atoms with van der Waals surface area (Å²) in [5.41, 5.74) is 0.329. The first kappa shape index (κ1) is 20.0. The highest BCUT2D eigenvalue weighted by Gasteiger charge is 2.35. The highest BCUT2D eigenvalue weighted by molar-refractivity contribution is 6.35. The van der Waals surface area contributed by atoms with Crippen LogP contribution in [-0.2, 0) is 9.53 Å². The summed E-state index contributed by atoms with van der Waals surface area (Å²) in [6.45, 7) is 3.04. The maximum absolute atomic E-state index is 12.8. The van der Waals surface area contributed by atoms with Crippen molar-refractivity contribution in [1.29, 1.82) is 0 Å². The van der Waals surface area contributed by atoms with Gasteiger partial charge in [-0.25, -0.2) is 0 Å². The molecule has 1 saturated heterocycles. The first-order valence-electron chi connectivity index (χ1n) is 8.28. The quantitative estimate of drug-likeness (QED) is 0.668. The van der Waals surface area contributed by atoms with Crippen molar-refractivity contribution >= 4 is 35.0 Å². The number of ether oxygens (including phenoxy) is 1. The smallest absolute Gasteiger partial charge is 0.256 e. The summed E-state index contributed by atoms with van der Waals surface area (Å²) in [6.07, 6.45) is 1.43. The number of halogens is 2. The number of carbonyl (C=O) groups excluding carboxylic acids is 2. The number of amides is 2. The number of likely N-dealkylation sites (tertiary alicyclic amines) is 1. The van der Waals surface area contributed by atoms with Crippen LogP contribution in [0.25, 0.3) is 0 Å². The van der Waals surface area contributed by atoms with E-state index in [4.69, 9.17) is 27.9 Å². The zero-order valence-corrected chi connectivity index (χ0v) is 15.7. The van der Waals surface area contributed by atoms with E-state index in [2.05, 4.69) is 10.6 Å². The van der Waals surface area contributed by atoms with Crippen molar-refractivity contribution in [2.75, 3.05) is 39.9 Å². The van der Waals surface area contributed by atoms with Crippen LogP contribution in [-0.4, -0.2) is 62.7 Å². The average Bonchev–Trinajstić information content (AvgIpc) is 3.09. The summed E-state index contributed by atoms with van der Waals surface area (Å²) >= 11 is 12.1. The van der Waals surface area contributed by atoms with Crippen molar-refractivity contribution in [2.24, 2.45) is 0 Å². The lowest BCUT2D eigenvalue weighted by Gasteiger charge is -2.24. The lowest BCUT2D eigenvalue weighted by atomic mass is 10.1. The molecule has 1 unspecified atom stereocenters. The van der Waals surface area contributed by atoms with Gasteiger partial charge in [-0.15, -0.1) is 0 Å². The Labute approximate surface area is 157 Å². The molecule has 1 aromatic rings. The van der Waals surface area contributed by atoms with Gasteiger partial charge < -0.3 is 20.3 Å². The van der Waals surface area contributed by atoms with E-state index in [1.807, 2.05) is 0 Å². The lowest BCUT2D eigenvalue weighted by molar-refractivity contribution is -0.124. The average molecular weight is 388 g/mol. The first-order valence-corrected chi connectivity index (χ1v) is 9.03. The topological polar surface area (TPSA) is 70.7 Å². The summed E-state index contributed by atoms with van der Waals surface area (Å²) in [5.74, 6) is -0.402. The van der Waals surface area contributed by atoms with Crippen LogP contribution in [0.3, 0.4) is 0 Å². The summed E-state index contributed by atoms with van der Waals surface area (Å²) < 4.78 is 4.94. The molecule has 25 heavy (non-hydrogen) atoms. The van der Waals surface area contributed by atoms with E-state index < -0.39 is 6.04 Å². The van der Waals surface area contributed by atoms with Gasteiger partial charge in [0.2, 0.25) is 5.91 Å². The fourth-order valence-corrected chi connectivity index (χ4v) is 3.16. The third-order valence-electron chi connectivity index (χ3n) is 4.06. The van der Waals surface area contributed by atoms with Gasteiger partial charge in [0.15, 0.2) is 0 Å². The van der Waals surface area contributed by atoms with E-state index in [0.29, 0.717) is 48.3 Å². The molecule has 2 rings (SSSR count). The van der Waals surface area contributed by atoms with Gasteiger partial charge in [-0.2, -0.15) is 0 Å². The Morgan fingerprint density at radius 2 is 2.08 bits per heavy atom. The predicted octanol–water partition coefficient (Wildman–Crippen LogP) is 1.95. The Hall–Kier alpha value is -1.34. The molecule has 1 aliphatic rings. The number of nitrogens with one attached hydrogen (secondary N) is 2. The summed E-state index contributed by atoms with van der Waals surface area (Å²) in [7, 11) is 1.64. The molecule has 0 saturated carbocycles. The van der Waals surface area contributed by atoms with E-state index >= 15 is 0 Å². The van der Waals surface area contributed by atoms with Gasteiger partial charge in [-0.1, -0.05) is 23.2 Å². The van der Waals surface area contributed by atoms with Gasteiger partial charge in [-0.3, -0.25) is 9.59 Å². The van der Waals surface area contributed by atoms with Crippen LogP contribution in [0, 0.1) is 0 Å². The third kappa shape index (κ3) is 5.57. The van der Waals surface area contributed by atoms with Crippen LogP contribution in [0.2, 0.25) is 10.0 Å². The number of hydrogen-bond acceptors (Lipinski definition) is 4. The summed E-state index contributed by atoms with van der Waals surface area (Å²) in [5, 5.41) is 6.80. The number of rotatable bonds is 8. The van der Waals surface area contributed by atoms with Gasteiger partial charge in [0, 0.05) is 38.3 Å². The second kappa shape index (κ2) is 9.97. The van der Waals surface area contributed by atoms with E-state index in [1.165, 1.54) is 0 Å². The van der Waals surface area contributed by atoms with Gasteiger partial charge in [-0.05, 0) is 31.0 Å². The molecule has 2 amide bonds. The Bertz CT molecular complexity index is 613. The number of benzene rings is 1. The molecule has 2 N–H and O–H groups in total. The maximum atomic E-state index is 12.8. The maximum Gasteiger partial charge on any atom is 0.256 e. The fourth-order valence-electron chi connectivity index (χ4n) is 2.79. The minimum absolute atomic E-state index is 0.141. The second-order valence-corrected chi connectivity index (χ2v) is 6.66. The van der Waals surface area contributed by atoms with E-state index in [9.17, 15) is 9.59 Å².